The number of esters is 1. The summed E-state index contributed by atoms with van der Waals surface area (Å²) in [5.74, 6) is -0.886. The number of allylic oxidation sites excluding steroid dienone is 2. The molecule has 0 aromatic carbocycles. The van der Waals surface area contributed by atoms with Gasteiger partial charge in [-0.05, 0) is 84.3 Å². The quantitative estimate of drug-likeness (QED) is 0.349. The van der Waals surface area contributed by atoms with E-state index in [1.807, 2.05) is 13.8 Å². The molecule has 4 aliphatic carbocycles. The Balaban J connectivity index is 1.56. The fraction of sp³-hybridized carbons (Fsp3) is 0.714. The largest absolute Gasteiger partial charge is 0.455 e. The van der Waals surface area contributed by atoms with Crippen LogP contribution in [0.1, 0.15) is 79.6 Å². The molecule has 0 bridgehead atoms. The minimum atomic E-state index is -1.69. The number of aliphatic hydroxyl groups excluding tert-OH is 1. The van der Waals surface area contributed by atoms with Gasteiger partial charge in [-0.15, -0.1) is 0 Å². The maximum absolute atomic E-state index is 13.2. The first kappa shape index (κ1) is 24.9. The lowest BCUT2D eigenvalue weighted by Gasteiger charge is -2.60. The van der Waals surface area contributed by atoms with E-state index >= 15 is 0 Å². The lowest BCUT2D eigenvalue weighted by molar-refractivity contribution is -0.237. The van der Waals surface area contributed by atoms with E-state index in [0.717, 1.165) is 16.7 Å². The van der Waals surface area contributed by atoms with E-state index in [9.17, 15) is 30.0 Å². The zero-order valence-corrected chi connectivity index (χ0v) is 21.4. The Morgan fingerprint density at radius 2 is 1.77 bits per heavy atom. The minimum absolute atomic E-state index is 0.177. The molecule has 0 amide bonds. The summed E-state index contributed by atoms with van der Waals surface area (Å²) in [6.45, 7) is 8.89. The van der Waals surface area contributed by atoms with Crippen LogP contribution in [-0.2, 0) is 14.3 Å². The molecule has 0 aromatic rings. The van der Waals surface area contributed by atoms with E-state index < -0.39 is 45.8 Å². The Morgan fingerprint density at radius 3 is 2.43 bits per heavy atom. The summed E-state index contributed by atoms with van der Waals surface area (Å²) in [6.07, 6.45) is 3.89. The summed E-state index contributed by atoms with van der Waals surface area (Å²) in [4.78, 5) is 25.6. The van der Waals surface area contributed by atoms with Gasteiger partial charge in [0.2, 0.25) is 0 Å². The third-order valence-electron chi connectivity index (χ3n) is 11.0. The molecule has 4 N–H and O–H groups in total. The van der Waals surface area contributed by atoms with Gasteiger partial charge in [0.25, 0.3) is 0 Å². The predicted octanol–water partition coefficient (Wildman–Crippen LogP) is 2.66. The van der Waals surface area contributed by atoms with E-state index in [2.05, 4.69) is 0 Å². The highest BCUT2D eigenvalue weighted by Gasteiger charge is 2.70. The topological polar surface area (TPSA) is 124 Å². The average Bonchev–Trinajstić information content (AvgIpc) is 3.09. The van der Waals surface area contributed by atoms with E-state index in [4.69, 9.17) is 4.74 Å². The molecule has 8 atom stereocenters. The molecular formula is C28H38O7. The van der Waals surface area contributed by atoms with E-state index in [0.29, 0.717) is 44.1 Å². The molecule has 192 valence electrons. The van der Waals surface area contributed by atoms with Crippen LogP contribution in [0.2, 0.25) is 0 Å². The molecule has 35 heavy (non-hydrogen) atoms. The minimum Gasteiger partial charge on any atom is -0.455 e. The standard InChI is InChI=1S/C28H38O7/c1-15-14-22(35-23(31)16(15)2)26(5,32)28(34)13-10-18-17-8-12-27(33)21(30)7-6-20(29)25(27,4)19(17)9-11-24(18,28)3/h6-7,19,21-22,30,32-34H,8-14H2,1-5H3/t19-,21-,22-,24-,25-,26-,27-,28+/m0/s1. The maximum Gasteiger partial charge on any atom is 0.334 e. The second-order valence-electron chi connectivity index (χ2n) is 12.2. The van der Waals surface area contributed by atoms with Gasteiger partial charge in [-0.1, -0.05) is 23.6 Å². The summed E-state index contributed by atoms with van der Waals surface area (Å²) in [7, 11) is 0. The Hall–Kier alpha value is -1.80. The molecule has 0 aromatic heterocycles. The number of rotatable bonds is 2. The number of ketones is 1. The van der Waals surface area contributed by atoms with Crippen molar-refractivity contribution in [1.29, 1.82) is 0 Å². The molecule has 2 saturated carbocycles. The van der Waals surface area contributed by atoms with Crippen molar-refractivity contribution in [3.63, 3.8) is 0 Å². The SMILES string of the molecule is CC1=C(C)C(=O)O[C@H]([C@](C)(O)[C@@]2(O)CCC3=C4CC[C@]5(O)[C@@H](O)C=CC(=O)[C@]5(C)[C@H]4CC[C@@]32C)C1. The molecule has 1 aliphatic heterocycles. The second kappa shape index (κ2) is 7.37. The third-order valence-corrected chi connectivity index (χ3v) is 11.0. The van der Waals surface area contributed by atoms with Crippen LogP contribution in [-0.4, -0.2) is 61.2 Å². The van der Waals surface area contributed by atoms with E-state index in [-0.39, 0.29) is 18.1 Å². The molecule has 0 spiro atoms. The predicted molar refractivity (Wildman–Crippen MR) is 128 cm³/mol. The van der Waals surface area contributed by atoms with Crippen LogP contribution in [0.15, 0.2) is 34.4 Å². The van der Waals surface area contributed by atoms with Crippen molar-refractivity contribution in [3.05, 3.63) is 34.4 Å². The number of carbonyl (C=O) groups is 2. The van der Waals surface area contributed by atoms with Crippen LogP contribution in [0.25, 0.3) is 0 Å². The van der Waals surface area contributed by atoms with Crippen molar-refractivity contribution in [1.82, 2.24) is 0 Å². The van der Waals surface area contributed by atoms with Crippen LogP contribution >= 0.6 is 0 Å². The van der Waals surface area contributed by atoms with E-state index in [1.165, 1.54) is 12.2 Å². The number of fused-ring (bicyclic) bond motifs is 4. The zero-order chi connectivity index (χ0) is 25.8. The first-order chi connectivity index (χ1) is 16.1. The average molecular weight is 487 g/mol. The monoisotopic (exact) mass is 486 g/mol. The van der Waals surface area contributed by atoms with Crippen LogP contribution in [0.5, 0.6) is 0 Å². The number of carbonyl (C=O) groups excluding carboxylic acids is 2. The summed E-state index contributed by atoms with van der Waals surface area (Å²) in [6, 6.07) is 0. The zero-order valence-electron chi connectivity index (χ0n) is 21.4. The maximum atomic E-state index is 13.2. The second-order valence-corrected chi connectivity index (χ2v) is 12.2. The highest BCUT2D eigenvalue weighted by atomic mass is 16.6. The van der Waals surface area contributed by atoms with Gasteiger partial charge >= 0.3 is 5.97 Å². The Morgan fingerprint density at radius 1 is 1.09 bits per heavy atom. The number of hydrogen-bond acceptors (Lipinski definition) is 7. The fourth-order valence-corrected chi connectivity index (χ4v) is 8.25. The first-order valence-electron chi connectivity index (χ1n) is 12.8. The van der Waals surface area contributed by atoms with Crippen molar-refractivity contribution in [2.75, 3.05) is 0 Å². The fourth-order valence-electron chi connectivity index (χ4n) is 8.25. The van der Waals surface area contributed by atoms with Crippen molar-refractivity contribution in [3.8, 4) is 0 Å². The Labute approximate surface area is 206 Å². The lowest BCUT2D eigenvalue weighted by atomic mass is 9.46. The number of hydrogen-bond donors (Lipinski definition) is 4. The van der Waals surface area contributed by atoms with Crippen LogP contribution in [0.3, 0.4) is 0 Å². The Kier molecular flexibility index (Phi) is 5.24. The first-order valence-corrected chi connectivity index (χ1v) is 12.8. The molecular weight excluding hydrogens is 448 g/mol. The van der Waals surface area contributed by atoms with Gasteiger partial charge in [0.05, 0.1) is 5.41 Å². The number of aliphatic hydroxyl groups is 4. The van der Waals surface area contributed by atoms with Crippen molar-refractivity contribution in [2.45, 2.75) is 109 Å². The highest BCUT2D eigenvalue weighted by molar-refractivity contribution is 5.98. The smallest absolute Gasteiger partial charge is 0.334 e. The molecule has 5 rings (SSSR count). The van der Waals surface area contributed by atoms with Crippen molar-refractivity contribution in [2.24, 2.45) is 16.7 Å². The van der Waals surface area contributed by atoms with Gasteiger partial charge in [0.15, 0.2) is 5.78 Å². The van der Waals surface area contributed by atoms with Gasteiger partial charge < -0.3 is 25.2 Å². The van der Waals surface area contributed by atoms with Gasteiger partial charge in [0.1, 0.15) is 29.0 Å². The molecule has 7 nitrogen and oxygen atoms in total. The van der Waals surface area contributed by atoms with E-state index in [1.54, 1.807) is 20.8 Å². The van der Waals surface area contributed by atoms with Crippen LogP contribution < -0.4 is 0 Å². The molecule has 7 heteroatoms. The van der Waals surface area contributed by atoms with Gasteiger partial charge in [-0.25, -0.2) is 4.79 Å². The third kappa shape index (κ3) is 2.81. The molecule has 2 fully saturated rings. The molecule has 0 radical (unpaired) electrons. The molecule has 0 saturated heterocycles. The van der Waals surface area contributed by atoms with Crippen molar-refractivity contribution < 1.29 is 34.8 Å². The van der Waals surface area contributed by atoms with Gasteiger partial charge in [0, 0.05) is 17.4 Å². The van der Waals surface area contributed by atoms with Gasteiger partial charge in [-0.2, -0.15) is 0 Å². The summed E-state index contributed by atoms with van der Waals surface area (Å²) in [5.41, 5.74) is -3.16. The normalized spacial score (nSPS) is 47.2. The van der Waals surface area contributed by atoms with Crippen LogP contribution in [0, 0.1) is 16.7 Å². The summed E-state index contributed by atoms with van der Waals surface area (Å²) >= 11 is 0. The highest BCUT2D eigenvalue weighted by Crippen LogP contribution is 2.67. The summed E-state index contributed by atoms with van der Waals surface area (Å²) < 4.78 is 5.63. The lowest BCUT2D eigenvalue weighted by Crippen LogP contribution is -2.68. The van der Waals surface area contributed by atoms with Crippen LogP contribution in [0.4, 0.5) is 0 Å². The van der Waals surface area contributed by atoms with Gasteiger partial charge in [-0.3, -0.25) is 4.79 Å². The van der Waals surface area contributed by atoms with Crippen molar-refractivity contribution >= 4 is 11.8 Å². The number of ether oxygens (including phenoxy) is 1. The number of cyclic esters (lactones) is 1. The molecule has 0 unspecified atom stereocenters. The molecule has 5 aliphatic rings. The Bertz CT molecular complexity index is 1100. The molecule has 1 heterocycles. The summed E-state index contributed by atoms with van der Waals surface area (Å²) in [5, 5.41) is 46.3.